The molecule has 1 aliphatic rings. The largest absolute Gasteiger partial charge is 0.465 e. The number of methoxy groups -OCH3 is 1. The molecule has 0 spiro atoms. The van der Waals surface area contributed by atoms with E-state index in [-0.39, 0.29) is 10.7 Å². The molecule has 28 heavy (non-hydrogen) atoms. The van der Waals surface area contributed by atoms with E-state index >= 15 is 0 Å². The van der Waals surface area contributed by atoms with Gasteiger partial charge in [-0.1, -0.05) is 23.8 Å². The van der Waals surface area contributed by atoms with Crippen molar-refractivity contribution in [1.82, 2.24) is 4.72 Å². The summed E-state index contributed by atoms with van der Waals surface area (Å²) >= 11 is 0. The fraction of sp³-hybridized carbons (Fsp3) is 0.190. The minimum absolute atomic E-state index is 0.121. The molecule has 0 aliphatic heterocycles. The highest BCUT2D eigenvalue weighted by Crippen LogP contribution is 2.39. The lowest BCUT2D eigenvalue weighted by molar-refractivity contribution is -0.135. The lowest BCUT2D eigenvalue weighted by atomic mass is 9.95. The molecule has 7 heteroatoms. The van der Waals surface area contributed by atoms with Gasteiger partial charge in [0.1, 0.15) is 5.82 Å². The zero-order valence-corrected chi connectivity index (χ0v) is 16.6. The maximum absolute atomic E-state index is 13.8. The third kappa shape index (κ3) is 3.76. The van der Waals surface area contributed by atoms with Crippen molar-refractivity contribution in [2.75, 3.05) is 14.2 Å². The van der Waals surface area contributed by atoms with Gasteiger partial charge in [0.15, 0.2) is 0 Å². The number of hydrogen-bond acceptors (Lipinski definition) is 4. The van der Waals surface area contributed by atoms with E-state index in [4.69, 9.17) is 4.74 Å². The molecule has 0 radical (unpaired) electrons. The van der Waals surface area contributed by atoms with Crippen LogP contribution in [0.1, 0.15) is 23.6 Å². The van der Waals surface area contributed by atoms with Crippen LogP contribution in [0.25, 0.3) is 11.6 Å². The number of hydrogen-bond donors (Lipinski definition) is 1. The van der Waals surface area contributed by atoms with Gasteiger partial charge in [0.25, 0.3) is 0 Å². The van der Waals surface area contributed by atoms with Crippen molar-refractivity contribution < 1.29 is 22.3 Å². The first-order valence-corrected chi connectivity index (χ1v) is 10.1. The maximum Gasteiger partial charge on any atom is 0.338 e. The lowest BCUT2D eigenvalue weighted by Gasteiger charge is -2.11. The molecule has 0 saturated heterocycles. The van der Waals surface area contributed by atoms with Gasteiger partial charge in [-0.2, -0.15) is 0 Å². The number of allylic oxidation sites excluding steroid dienone is 1. The van der Waals surface area contributed by atoms with Crippen LogP contribution >= 0.6 is 0 Å². The first-order valence-electron chi connectivity index (χ1n) is 8.59. The van der Waals surface area contributed by atoms with Crippen molar-refractivity contribution in [2.24, 2.45) is 0 Å². The minimum atomic E-state index is -3.55. The molecule has 1 N–H and O–H groups in total. The lowest BCUT2D eigenvalue weighted by Crippen LogP contribution is -2.18. The molecule has 0 amide bonds. The van der Waals surface area contributed by atoms with Crippen molar-refractivity contribution in [3.8, 4) is 0 Å². The molecule has 5 nitrogen and oxygen atoms in total. The van der Waals surface area contributed by atoms with Gasteiger partial charge < -0.3 is 4.74 Å². The van der Waals surface area contributed by atoms with Crippen LogP contribution in [-0.4, -0.2) is 28.5 Å². The Hall–Kier alpha value is -2.77. The topological polar surface area (TPSA) is 72.5 Å². The zero-order valence-electron chi connectivity index (χ0n) is 15.7. The molecular formula is C21H20FNO4S. The smallest absolute Gasteiger partial charge is 0.338 e. The van der Waals surface area contributed by atoms with Crippen LogP contribution in [0, 0.1) is 5.82 Å². The van der Waals surface area contributed by atoms with Gasteiger partial charge in [0.2, 0.25) is 10.0 Å². The van der Waals surface area contributed by atoms with E-state index in [0.717, 1.165) is 11.1 Å². The predicted molar refractivity (Wildman–Crippen MR) is 105 cm³/mol. The normalized spacial score (nSPS) is 14.2. The number of rotatable bonds is 5. The second kappa shape index (κ2) is 7.69. The molecule has 3 rings (SSSR count). The fourth-order valence-corrected chi connectivity index (χ4v) is 4.02. The number of halogens is 1. The van der Waals surface area contributed by atoms with Crippen LogP contribution in [0.3, 0.4) is 0 Å². The summed E-state index contributed by atoms with van der Waals surface area (Å²) in [5.74, 6) is -0.921. The second-order valence-electron chi connectivity index (χ2n) is 6.46. The Morgan fingerprint density at radius 3 is 2.46 bits per heavy atom. The molecule has 0 saturated carbocycles. The van der Waals surface area contributed by atoms with Gasteiger partial charge in [-0.25, -0.2) is 22.3 Å². The Kier molecular flexibility index (Phi) is 5.49. The number of fused-ring (bicyclic) bond motifs is 1. The Bertz CT molecular complexity index is 1100. The fourth-order valence-electron chi connectivity index (χ4n) is 3.29. The summed E-state index contributed by atoms with van der Waals surface area (Å²) in [6, 6.07) is 10.6. The van der Waals surface area contributed by atoms with E-state index in [2.05, 4.69) is 4.72 Å². The summed E-state index contributed by atoms with van der Waals surface area (Å²) in [5, 5.41) is 0. The van der Waals surface area contributed by atoms with E-state index in [0.29, 0.717) is 28.7 Å². The molecule has 0 unspecified atom stereocenters. The molecule has 0 atom stereocenters. The van der Waals surface area contributed by atoms with Gasteiger partial charge in [0.05, 0.1) is 17.6 Å². The van der Waals surface area contributed by atoms with Gasteiger partial charge in [-0.05, 0) is 73.0 Å². The third-order valence-electron chi connectivity index (χ3n) is 4.67. The number of nitrogens with one attached hydrogen (secondary N) is 1. The van der Waals surface area contributed by atoms with Crippen molar-refractivity contribution >= 4 is 27.6 Å². The minimum Gasteiger partial charge on any atom is -0.465 e. The van der Waals surface area contributed by atoms with E-state index < -0.39 is 16.0 Å². The Labute approximate surface area is 163 Å². The van der Waals surface area contributed by atoms with E-state index in [9.17, 15) is 17.6 Å². The third-order valence-corrected chi connectivity index (χ3v) is 6.10. The molecule has 0 aromatic heterocycles. The van der Waals surface area contributed by atoms with Gasteiger partial charge >= 0.3 is 5.97 Å². The number of carbonyl (C=O) groups excluding carboxylic acids is 1. The monoisotopic (exact) mass is 401 g/mol. The summed E-state index contributed by atoms with van der Waals surface area (Å²) in [5.41, 5.74) is 4.12. The predicted octanol–water partition coefficient (Wildman–Crippen LogP) is 3.32. The molecule has 0 bridgehead atoms. The molecule has 0 heterocycles. The van der Waals surface area contributed by atoms with Crippen LogP contribution in [0.5, 0.6) is 0 Å². The van der Waals surface area contributed by atoms with Crippen LogP contribution in [-0.2, 0) is 26.0 Å². The van der Waals surface area contributed by atoms with Gasteiger partial charge in [-0.15, -0.1) is 0 Å². The van der Waals surface area contributed by atoms with E-state index in [1.807, 2.05) is 6.92 Å². The van der Waals surface area contributed by atoms with Crippen molar-refractivity contribution in [3.05, 3.63) is 76.1 Å². The summed E-state index contributed by atoms with van der Waals surface area (Å²) in [4.78, 5) is 12.6. The van der Waals surface area contributed by atoms with Crippen molar-refractivity contribution in [1.29, 1.82) is 0 Å². The zero-order chi connectivity index (χ0) is 20.5. The number of esters is 1. The molecule has 146 valence electrons. The molecule has 2 aromatic rings. The molecule has 2 aromatic carbocycles. The Balaban J connectivity index is 2.09. The molecular weight excluding hydrogens is 381 g/mol. The highest BCUT2D eigenvalue weighted by Gasteiger charge is 2.26. The SMILES string of the molecule is CNS(=O)(=O)c1ccc(/C=C(\C(=O)OC)C2=C(C)Cc3ccc(F)cc32)cc1. The average Bonchev–Trinajstić information content (AvgIpc) is 3.00. The second-order valence-corrected chi connectivity index (χ2v) is 8.35. The number of ether oxygens (including phenoxy) is 1. The molecule has 0 fully saturated rings. The van der Waals surface area contributed by atoms with Gasteiger partial charge in [-0.3, -0.25) is 0 Å². The summed E-state index contributed by atoms with van der Waals surface area (Å²) in [6.45, 7) is 1.90. The highest BCUT2D eigenvalue weighted by atomic mass is 32.2. The number of benzene rings is 2. The quantitative estimate of drug-likeness (QED) is 0.616. The first kappa shape index (κ1) is 20.0. The first-order chi connectivity index (χ1) is 13.3. The van der Waals surface area contributed by atoms with Crippen molar-refractivity contribution in [3.63, 3.8) is 0 Å². The highest BCUT2D eigenvalue weighted by molar-refractivity contribution is 7.89. The Morgan fingerprint density at radius 1 is 1.18 bits per heavy atom. The summed E-state index contributed by atoms with van der Waals surface area (Å²) in [6.07, 6.45) is 2.25. The Morgan fingerprint density at radius 2 is 1.86 bits per heavy atom. The average molecular weight is 401 g/mol. The number of sulfonamides is 1. The van der Waals surface area contributed by atoms with E-state index in [1.165, 1.54) is 38.4 Å². The maximum atomic E-state index is 13.8. The van der Waals surface area contributed by atoms with Crippen molar-refractivity contribution in [2.45, 2.75) is 18.2 Å². The van der Waals surface area contributed by atoms with E-state index in [1.54, 1.807) is 24.3 Å². The standard InChI is InChI=1S/C21H20FNO4S/c1-13-10-15-6-7-16(22)12-18(15)20(13)19(21(24)27-3)11-14-4-8-17(9-5-14)28(25,26)23-2/h4-9,11-12,23H,10H2,1-3H3/b19-11-. The summed E-state index contributed by atoms with van der Waals surface area (Å²) in [7, 11) is -0.921. The molecule has 1 aliphatic carbocycles. The van der Waals surface area contributed by atoms with Crippen LogP contribution < -0.4 is 4.72 Å². The van der Waals surface area contributed by atoms with Crippen LogP contribution in [0.2, 0.25) is 0 Å². The van der Waals surface area contributed by atoms with Crippen LogP contribution in [0.15, 0.2) is 58.5 Å². The van der Waals surface area contributed by atoms with Crippen LogP contribution in [0.4, 0.5) is 4.39 Å². The number of carbonyl (C=O) groups is 1. The van der Waals surface area contributed by atoms with Gasteiger partial charge in [0, 0.05) is 0 Å². The summed E-state index contributed by atoms with van der Waals surface area (Å²) < 4.78 is 44.7.